The fourth-order valence-electron chi connectivity index (χ4n) is 3.02. The van der Waals surface area contributed by atoms with Crippen LogP contribution in [0.5, 0.6) is 5.88 Å². The number of nitrogens with zero attached hydrogens (tertiary/aromatic N) is 3. The fraction of sp³-hybridized carbons (Fsp3) is 0.318. The Morgan fingerprint density at radius 1 is 1.32 bits per heavy atom. The molecule has 0 aliphatic heterocycles. The van der Waals surface area contributed by atoms with Crippen molar-refractivity contribution in [2.24, 2.45) is 5.73 Å². The number of imidazole rings is 1. The molecule has 3 rings (SSSR count). The lowest BCUT2D eigenvalue weighted by molar-refractivity contribution is -0.0353. The molecule has 9 nitrogen and oxygen atoms in total. The summed E-state index contributed by atoms with van der Waals surface area (Å²) < 4.78 is 46.7. The van der Waals surface area contributed by atoms with Crippen molar-refractivity contribution in [1.29, 1.82) is 0 Å². The molecule has 1 aromatic carbocycles. The zero-order chi connectivity index (χ0) is 25.3. The molecule has 0 saturated carbocycles. The first-order valence-corrected chi connectivity index (χ1v) is 10.1. The Bertz CT molecular complexity index is 1250. The Kier molecular flexibility index (Phi) is 6.84. The van der Waals surface area contributed by atoms with E-state index in [2.05, 4.69) is 15.4 Å². The summed E-state index contributed by atoms with van der Waals surface area (Å²) in [6.45, 7) is 3.22. The second-order valence-corrected chi connectivity index (χ2v) is 8.28. The van der Waals surface area contributed by atoms with Crippen molar-refractivity contribution in [3.05, 3.63) is 53.7 Å². The molecule has 1 amide bonds. The molecular weight excluding hydrogens is 455 g/mol. The summed E-state index contributed by atoms with van der Waals surface area (Å²) in [5, 5.41) is 25.9. The molecule has 0 atom stereocenters. The minimum Gasteiger partial charge on any atom is -0.442 e. The summed E-state index contributed by atoms with van der Waals surface area (Å²) in [5.74, 6) is -6.93. The van der Waals surface area contributed by atoms with E-state index in [0.29, 0.717) is 33.7 Å². The van der Waals surface area contributed by atoms with Crippen LogP contribution in [-0.4, -0.2) is 55.4 Å². The van der Waals surface area contributed by atoms with Crippen LogP contribution in [-0.2, 0) is 0 Å². The molecule has 34 heavy (non-hydrogen) atoms. The van der Waals surface area contributed by atoms with Gasteiger partial charge in [-0.25, -0.2) is 13.9 Å². The highest BCUT2D eigenvalue weighted by Crippen LogP contribution is 2.29. The van der Waals surface area contributed by atoms with Gasteiger partial charge in [0.05, 0.1) is 23.2 Å². The zero-order valence-corrected chi connectivity index (χ0v) is 18.6. The molecule has 182 valence electrons. The van der Waals surface area contributed by atoms with E-state index in [-0.39, 0.29) is 18.7 Å². The van der Waals surface area contributed by atoms with E-state index in [0.717, 1.165) is 0 Å². The molecule has 3 aromatic rings. The lowest BCUT2D eigenvalue weighted by Gasteiger charge is -2.19. The molecule has 2 aromatic heterocycles. The van der Waals surface area contributed by atoms with Crippen molar-refractivity contribution in [2.75, 3.05) is 18.5 Å². The molecule has 0 saturated heterocycles. The van der Waals surface area contributed by atoms with Gasteiger partial charge in [0, 0.05) is 23.7 Å². The van der Waals surface area contributed by atoms with Crippen LogP contribution in [0.4, 0.5) is 18.9 Å². The Morgan fingerprint density at radius 3 is 2.62 bits per heavy atom. The minimum absolute atomic E-state index is 0.0908. The van der Waals surface area contributed by atoms with Crippen molar-refractivity contribution in [3.8, 4) is 17.1 Å². The number of hydrogen-bond donors (Lipinski definition) is 4. The molecule has 5 N–H and O–H groups in total. The van der Waals surface area contributed by atoms with Gasteiger partial charge in [0.2, 0.25) is 17.6 Å². The van der Waals surface area contributed by atoms with Crippen molar-refractivity contribution in [2.45, 2.75) is 32.3 Å². The Balaban J connectivity index is 2.10. The van der Waals surface area contributed by atoms with Crippen LogP contribution < -0.4 is 15.8 Å². The zero-order valence-electron chi connectivity index (χ0n) is 18.6. The van der Waals surface area contributed by atoms with E-state index in [9.17, 15) is 23.1 Å². The maximum atomic E-state index is 13.7. The van der Waals surface area contributed by atoms with Crippen molar-refractivity contribution >= 4 is 17.2 Å². The molecule has 0 radical (unpaired) electrons. The van der Waals surface area contributed by atoms with E-state index in [1.54, 1.807) is 39.0 Å². The number of aliphatic hydroxyl groups excluding tert-OH is 1. The summed E-state index contributed by atoms with van der Waals surface area (Å²) in [6.07, 6.45) is 1.66. The average Bonchev–Trinajstić information content (AvgIpc) is 3.18. The van der Waals surface area contributed by atoms with Crippen LogP contribution in [0.2, 0.25) is 0 Å². The molecule has 0 unspecified atom stereocenters. The standard InChI is InChI=1S/C22H24F3N5O4/c1-12-6-13(4-5-14(12)19(26)32)16-8-27-20-15(28-10-21(2,3)33)7-18(29-30(16)20)34-9-17(23)22(24,25)11-31/h4-9,28,31,33H,10-11H2,1-3H3,(H2,26,32)/b17-9+. The molecular formula is C22H24F3N5O4. The van der Waals surface area contributed by atoms with Crippen LogP contribution in [0.1, 0.15) is 29.8 Å². The van der Waals surface area contributed by atoms with E-state index < -0.39 is 29.9 Å². The number of halogens is 3. The normalized spacial score (nSPS) is 12.8. The predicted octanol–water partition coefficient (Wildman–Crippen LogP) is 2.80. The third-order valence-electron chi connectivity index (χ3n) is 4.78. The summed E-state index contributed by atoms with van der Waals surface area (Å²) in [5.41, 5.74) is 6.92. The number of aromatic nitrogens is 3. The number of ether oxygens (including phenoxy) is 1. The number of primary amides is 1. The van der Waals surface area contributed by atoms with Crippen molar-refractivity contribution in [3.63, 3.8) is 0 Å². The molecule has 12 heteroatoms. The summed E-state index contributed by atoms with van der Waals surface area (Å²) >= 11 is 0. The molecule has 0 fully saturated rings. The Labute approximate surface area is 192 Å². The number of aryl methyl sites for hydroxylation is 1. The number of carbonyl (C=O) groups is 1. The SMILES string of the molecule is Cc1cc(-c2cnc3c(NCC(C)(C)O)cc(O/C=C(/F)C(F)(F)CO)nn23)ccc1C(N)=O. The van der Waals surface area contributed by atoms with Crippen molar-refractivity contribution in [1.82, 2.24) is 14.6 Å². The number of alkyl halides is 2. The Morgan fingerprint density at radius 2 is 2.03 bits per heavy atom. The second-order valence-electron chi connectivity index (χ2n) is 8.28. The smallest absolute Gasteiger partial charge is 0.324 e. The Hall–Kier alpha value is -3.64. The monoisotopic (exact) mass is 479 g/mol. The van der Waals surface area contributed by atoms with Crippen molar-refractivity contribution < 1.29 is 32.9 Å². The number of rotatable bonds is 9. The number of fused-ring (bicyclic) bond motifs is 1. The average molecular weight is 479 g/mol. The van der Waals surface area contributed by atoms with E-state index in [1.165, 1.54) is 16.8 Å². The highest BCUT2D eigenvalue weighted by molar-refractivity contribution is 5.94. The molecule has 0 aliphatic carbocycles. The lowest BCUT2D eigenvalue weighted by atomic mass is 10.0. The third kappa shape index (κ3) is 5.46. The topological polar surface area (TPSA) is 135 Å². The summed E-state index contributed by atoms with van der Waals surface area (Å²) in [7, 11) is 0. The van der Waals surface area contributed by atoms with Crippen LogP contribution in [0.15, 0.2) is 42.6 Å². The number of benzene rings is 1. The summed E-state index contributed by atoms with van der Waals surface area (Å²) in [6, 6.07) is 6.19. The number of aliphatic hydroxyl groups is 2. The molecule has 0 spiro atoms. The quantitative estimate of drug-likeness (QED) is 0.347. The van der Waals surface area contributed by atoms with Gasteiger partial charge in [-0.05, 0) is 38.5 Å². The minimum atomic E-state index is -4.11. The first-order valence-electron chi connectivity index (χ1n) is 10.1. The van der Waals surface area contributed by atoms with Crippen LogP contribution in [0, 0.1) is 6.92 Å². The van der Waals surface area contributed by atoms with Gasteiger partial charge in [-0.15, -0.1) is 5.10 Å². The number of nitrogens with one attached hydrogen (secondary N) is 1. The van der Waals surface area contributed by atoms with E-state index in [4.69, 9.17) is 15.6 Å². The van der Waals surface area contributed by atoms with E-state index >= 15 is 0 Å². The second kappa shape index (κ2) is 9.31. The van der Waals surface area contributed by atoms with E-state index in [1.807, 2.05) is 0 Å². The molecule has 0 bridgehead atoms. The predicted molar refractivity (Wildman–Crippen MR) is 118 cm³/mol. The largest absolute Gasteiger partial charge is 0.442 e. The van der Waals surface area contributed by atoms with Gasteiger partial charge in [0.15, 0.2) is 5.65 Å². The van der Waals surface area contributed by atoms with Gasteiger partial charge in [-0.3, -0.25) is 4.79 Å². The summed E-state index contributed by atoms with van der Waals surface area (Å²) in [4.78, 5) is 15.9. The lowest BCUT2D eigenvalue weighted by Crippen LogP contribution is -2.29. The number of carbonyl (C=O) groups excluding carboxylic acids is 1. The fourth-order valence-corrected chi connectivity index (χ4v) is 3.02. The molecule has 0 aliphatic rings. The van der Waals surface area contributed by atoms with Gasteiger partial charge >= 0.3 is 5.92 Å². The van der Waals surface area contributed by atoms with Crippen LogP contribution in [0.25, 0.3) is 16.9 Å². The number of hydrogen-bond acceptors (Lipinski definition) is 7. The maximum Gasteiger partial charge on any atom is 0.324 e. The third-order valence-corrected chi connectivity index (χ3v) is 4.78. The van der Waals surface area contributed by atoms with Gasteiger partial charge in [-0.1, -0.05) is 6.07 Å². The van der Waals surface area contributed by atoms with Crippen LogP contribution in [0.3, 0.4) is 0 Å². The highest BCUT2D eigenvalue weighted by Gasteiger charge is 2.35. The number of anilines is 1. The van der Waals surface area contributed by atoms with Gasteiger partial charge in [-0.2, -0.15) is 8.78 Å². The maximum absolute atomic E-state index is 13.7. The van der Waals surface area contributed by atoms with Gasteiger partial charge in [0.25, 0.3) is 0 Å². The first-order chi connectivity index (χ1) is 15.8. The first kappa shape index (κ1) is 25.0. The van der Waals surface area contributed by atoms with Gasteiger partial charge < -0.3 is 26.0 Å². The number of nitrogens with two attached hydrogens (primary N) is 1. The highest BCUT2D eigenvalue weighted by atomic mass is 19.3. The van der Waals surface area contributed by atoms with Gasteiger partial charge in [0.1, 0.15) is 12.9 Å². The van der Waals surface area contributed by atoms with Crippen LogP contribution >= 0.6 is 0 Å². The number of amides is 1. The molecule has 2 heterocycles.